The predicted molar refractivity (Wildman–Crippen MR) is 48.9 cm³/mol. The molecular weight excluding hydrogens is 210 g/mol. The number of benzene rings is 1. The lowest BCUT2D eigenvalue weighted by Gasteiger charge is -1.99. The van der Waals surface area contributed by atoms with Crippen molar-refractivity contribution >= 4 is 21.4 Å². The van der Waals surface area contributed by atoms with Gasteiger partial charge in [-0.1, -0.05) is 0 Å². The maximum Gasteiger partial charge on any atom is 0.272 e. The third-order valence-electron chi connectivity index (χ3n) is 1.45. The summed E-state index contributed by atoms with van der Waals surface area (Å²) in [4.78, 5) is 9.23. The Morgan fingerprint density at radius 3 is 2.29 bits per heavy atom. The van der Waals surface area contributed by atoms with E-state index in [4.69, 9.17) is 10.9 Å². The lowest BCUT2D eigenvalue weighted by molar-refractivity contribution is -0.385. The molecule has 1 aromatic rings. The highest BCUT2D eigenvalue weighted by atomic mass is 32.2. The molecule has 0 aliphatic carbocycles. The van der Waals surface area contributed by atoms with Crippen molar-refractivity contribution in [2.45, 2.75) is 4.90 Å². The molecule has 76 valence electrons. The second-order valence-electron chi connectivity index (χ2n) is 2.56. The molecule has 7 nitrogen and oxygen atoms in total. The number of rotatable bonds is 2. The first-order valence-corrected chi connectivity index (χ1v) is 4.93. The zero-order chi connectivity index (χ0) is 10.9. The van der Waals surface area contributed by atoms with Gasteiger partial charge in [-0.3, -0.25) is 10.1 Å². The van der Waals surface area contributed by atoms with Gasteiger partial charge in [0.1, 0.15) is 0 Å². The molecule has 0 aromatic heterocycles. The van der Waals surface area contributed by atoms with Crippen LogP contribution in [0, 0.1) is 10.1 Å². The van der Waals surface area contributed by atoms with E-state index in [9.17, 15) is 18.5 Å². The highest BCUT2D eigenvalue weighted by molar-refractivity contribution is 7.89. The smallest absolute Gasteiger partial charge is 0.272 e. The van der Waals surface area contributed by atoms with E-state index in [1.54, 1.807) is 0 Å². The van der Waals surface area contributed by atoms with Gasteiger partial charge in [0, 0.05) is 17.8 Å². The first kappa shape index (κ1) is 10.4. The van der Waals surface area contributed by atoms with Crippen molar-refractivity contribution in [1.29, 1.82) is 0 Å². The monoisotopic (exact) mass is 217 g/mol. The van der Waals surface area contributed by atoms with Crippen LogP contribution in [0.15, 0.2) is 23.1 Å². The normalized spacial score (nSPS) is 11.2. The van der Waals surface area contributed by atoms with E-state index in [0.717, 1.165) is 18.2 Å². The van der Waals surface area contributed by atoms with E-state index in [2.05, 4.69) is 0 Å². The van der Waals surface area contributed by atoms with Crippen LogP contribution in [-0.2, 0) is 10.0 Å². The zero-order valence-corrected chi connectivity index (χ0v) is 7.69. The molecule has 0 unspecified atom stereocenters. The molecule has 0 radical (unpaired) electrons. The SMILES string of the molecule is Nc1cc([N+](=O)[O-])cc(S(N)(=O)=O)c1. The number of primary sulfonamides is 1. The molecule has 1 aromatic carbocycles. The van der Waals surface area contributed by atoms with Crippen LogP contribution < -0.4 is 10.9 Å². The molecule has 0 fully saturated rings. The van der Waals surface area contributed by atoms with Crippen LogP contribution in [-0.4, -0.2) is 13.3 Å². The second-order valence-corrected chi connectivity index (χ2v) is 4.12. The first-order valence-electron chi connectivity index (χ1n) is 3.38. The highest BCUT2D eigenvalue weighted by Gasteiger charge is 2.14. The van der Waals surface area contributed by atoms with Crippen molar-refractivity contribution in [3.63, 3.8) is 0 Å². The van der Waals surface area contributed by atoms with Crippen LogP contribution >= 0.6 is 0 Å². The van der Waals surface area contributed by atoms with Gasteiger partial charge in [0.05, 0.1) is 9.82 Å². The van der Waals surface area contributed by atoms with E-state index in [1.807, 2.05) is 0 Å². The number of nitrogens with zero attached hydrogens (tertiary/aromatic N) is 1. The summed E-state index contributed by atoms with van der Waals surface area (Å²) in [5, 5.41) is 15.1. The summed E-state index contributed by atoms with van der Waals surface area (Å²) in [5.74, 6) is 0. The van der Waals surface area contributed by atoms with E-state index in [1.165, 1.54) is 0 Å². The quantitative estimate of drug-likeness (QED) is 0.403. The van der Waals surface area contributed by atoms with Crippen LogP contribution in [0.2, 0.25) is 0 Å². The minimum Gasteiger partial charge on any atom is -0.398 e. The number of nitro benzene ring substituents is 1. The first-order chi connectivity index (χ1) is 6.30. The van der Waals surface area contributed by atoms with E-state index < -0.39 is 20.6 Å². The molecular formula is C6H7N3O4S. The van der Waals surface area contributed by atoms with Gasteiger partial charge in [-0.2, -0.15) is 0 Å². The second kappa shape index (κ2) is 3.24. The molecule has 0 saturated carbocycles. The zero-order valence-electron chi connectivity index (χ0n) is 6.88. The fourth-order valence-corrected chi connectivity index (χ4v) is 1.46. The molecule has 1 rings (SSSR count). The fourth-order valence-electron chi connectivity index (χ4n) is 0.875. The number of nitrogen functional groups attached to an aromatic ring is 1. The van der Waals surface area contributed by atoms with Gasteiger partial charge in [-0.15, -0.1) is 0 Å². The molecule has 4 N–H and O–H groups in total. The Balaban J connectivity index is 3.43. The Labute approximate surface area is 79.5 Å². The molecule has 0 heterocycles. The molecule has 0 spiro atoms. The maximum atomic E-state index is 10.9. The Bertz CT molecular complexity index is 482. The van der Waals surface area contributed by atoms with E-state index in [-0.39, 0.29) is 10.6 Å². The molecule has 8 heteroatoms. The van der Waals surface area contributed by atoms with Gasteiger partial charge in [0.15, 0.2) is 0 Å². The van der Waals surface area contributed by atoms with Gasteiger partial charge in [-0.05, 0) is 6.07 Å². The number of nitrogens with two attached hydrogens (primary N) is 2. The van der Waals surface area contributed by atoms with Gasteiger partial charge in [0.25, 0.3) is 5.69 Å². The Hall–Kier alpha value is -1.67. The minimum atomic E-state index is -3.97. The average Bonchev–Trinajstić information content (AvgIpc) is 2.01. The van der Waals surface area contributed by atoms with Crippen LogP contribution in [0.4, 0.5) is 11.4 Å². The summed E-state index contributed by atoms with van der Waals surface area (Å²) in [6, 6.07) is 2.96. The van der Waals surface area contributed by atoms with Gasteiger partial charge >= 0.3 is 0 Å². The van der Waals surface area contributed by atoms with Gasteiger partial charge in [0.2, 0.25) is 10.0 Å². The number of anilines is 1. The summed E-state index contributed by atoms with van der Waals surface area (Å²) in [7, 11) is -3.97. The molecule has 0 atom stereocenters. The van der Waals surface area contributed by atoms with Crippen LogP contribution in [0.3, 0.4) is 0 Å². The summed E-state index contributed by atoms with van der Waals surface area (Å²) in [6.45, 7) is 0. The largest absolute Gasteiger partial charge is 0.398 e. The topological polar surface area (TPSA) is 129 Å². The minimum absolute atomic E-state index is 0.0248. The third kappa shape index (κ3) is 2.18. The number of sulfonamides is 1. The lowest BCUT2D eigenvalue weighted by Crippen LogP contribution is -2.12. The maximum absolute atomic E-state index is 10.9. The Morgan fingerprint density at radius 2 is 1.86 bits per heavy atom. The average molecular weight is 217 g/mol. The standard InChI is InChI=1S/C6H7N3O4S/c7-4-1-5(9(10)11)3-6(2-4)14(8,12)13/h1-3H,7H2,(H2,8,12,13). The van der Waals surface area contributed by atoms with Crippen LogP contribution in [0.5, 0.6) is 0 Å². The Morgan fingerprint density at radius 1 is 1.29 bits per heavy atom. The molecule has 0 amide bonds. The third-order valence-corrected chi connectivity index (χ3v) is 2.35. The summed E-state index contributed by atoms with van der Waals surface area (Å²) in [6.07, 6.45) is 0. The van der Waals surface area contributed by atoms with Crippen molar-refractivity contribution in [2.24, 2.45) is 5.14 Å². The molecule has 0 bridgehead atoms. The summed E-state index contributed by atoms with van der Waals surface area (Å²) >= 11 is 0. The van der Waals surface area contributed by atoms with Crippen molar-refractivity contribution in [1.82, 2.24) is 0 Å². The molecule has 0 saturated heterocycles. The molecule has 14 heavy (non-hydrogen) atoms. The summed E-state index contributed by atoms with van der Waals surface area (Å²) in [5.41, 5.74) is 4.84. The van der Waals surface area contributed by atoms with Gasteiger partial charge < -0.3 is 5.73 Å². The van der Waals surface area contributed by atoms with Crippen molar-refractivity contribution in [3.8, 4) is 0 Å². The number of nitro groups is 1. The highest BCUT2D eigenvalue weighted by Crippen LogP contribution is 2.20. The van der Waals surface area contributed by atoms with Crippen LogP contribution in [0.1, 0.15) is 0 Å². The van der Waals surface area contributed by atoms with Crippen molar-refractivity contribution in [3.05, 3.63) is 28.3 Å². The van der Waals surface area contributed by atoms with Crippen molar-refractivity contribution < 1.29 is 13.3 Å². The molecule has 0 aliphatic heterocycles. The number of hydrogen-bond donors (Lipinski definition) is 2. The predicted octanol–water partition coefficient (Wildman–Crippen LogP) is -0.176. The number of non-ortho nitro benzene ring substituents is 1. The lowest BCUT2D eigenvalue weighted by atomic mass is 10.3. The summed E-state index contributed by atoms with van der Waals surface area (Å²) < 4.78 is 21.7. The fraction of sp³-hybridized carbons (Fsp3) is 0. The van der Waals surface area contributed by atoms with Crippen LogP contribution in [0.25, 0.3) is 0 Å². The Kier molecular flexibility index (Phi) is 2.41. The van der Waals surface area contributed by atoms with E-state index in [0.29, 0.717) is 0 Å². The van der Waals surface area contributed by atoms with E-state index >= 15 is 0 Å². The number of hydrogen-bond acceptors (Lipinski definition) is 5. The van der Waals surface area contributed by atoms with Gasteiger partial charge in [-0.25, -0.2) is 13.6 Å². The molecule has 0 aliphatic rings. The van der Waals surface area contributed by atoms with Crippen molar-refractivity contribution in [2.75, 3.05) is 5.73 Å².